The van der Waals surface area contributed by atoms with Crippen molar-refractivity contribution in [1.82, 2.24) is 4.98 Å². The number of rotatable bonds is 3. The van der Waals surface area contributed by atoms with Crippen molar-refractivity contribution in [3.05, 3.63) is 48.8 Å². The van der Waals surface area contributed by atoms with Gasteiger partial charge in [0.05, 0.1) is 23.1 Å². The van der Waals surface area contributed by atoms with E-state index in [0.717, 1.165) is 16.8 Å². The maximum atomic E-state index is 6.15. The van der Waals surface area contributed by atoms with Crippen LogP contribution in [-0.4, -0.2) is 23.3 Å². The number of anilines is 2. The van der Waals surface area contributed by atoms with E-state index in [4.69, 9.17) is 9.31 Å². The summed E-state index contributed by atoms with van der Waals surface area (Å²) in [6.45, 7) is 8.24. The van der Waals surface area contributed by atoms with Crippen LogP contribution in [0, 0.1) is 0 Å². The molecule has 5 heteroatoms. The molecular formula is C17H21BN2O2. The molecule has 0 radical (unpaired) electrons. The van der Waals surface area contributed by atoms with E-state index >= 15 is 0 Å². The summed E-state index contributed by atoms with van der Waals surface area (Å²) in [5, 5.41) is 3.38. The van der Waals surface area contributed by atoms with Gasteiger partial charge in [-0.2, -0.15) is 0 Å². The van der Waals surface area contributed by atoms with Crippen LogP contribution in [0.25, 0.3) is 0 Å². The minimum atomic E-state index is -0.384. The topological polar surface area (TPSA) is 43.4 Å². The Morgan fingerprint density at radius 2 is 1.64 bits per heavy atom. The smallest absolute Gasteiger partial charge is 0.399 e. The number of nitrogens with one attached hydrogen (secondary N) is 1. The van der Waals surface area contributed by atoms with Crippen LogP contribution in [0.1, 0.15) is 27.7 Å². The third-order valence-corrected chi connectivity index (χ3v) is 4.41. The first-order chi connectivity index (χ1) is 10.4. The van der Waals surface area contributed by atoms with Crippen LogP contribution in [0.15, 0.2) is 48.8 Å². The Morgan fingerprint density at radius 1 is 0.955 bits per heavy atom. The van der Waals surface area contributed by atoms with E-state index < -0.39 is 0 Å². The summed E-state index contributed by atoms with van der Waals surface area (Å²) in [5.41, 5.74) is 2.20. The zero-order valence-electron chi connectivity index (χ0n) is 13.5. The average Bonchev–Trinajstić information content (AvgIpc) is 2.69. The first kappa shape index (κ1) is 15.1. The Hall–Kier alpha value is -1.85. The molecule has 2 aromatic rings. The van der Waals surface area contributed by atoms with Crippen LogP contribution in [0.3, 0.4) is 0 Å². The maximum Gasteiger partial charge on any atom is 0.496 e. The van der Waals surface area contributed by atoms with Gasteiger partial charge in [0.25, 0.3) is 0 Å². The van der Waals surface area contributed by atoms with Gasteiger partial charge >= 0.3 is 7.12 Å². The number of aromatic nitrogens is 1. The first-order valence-electron chi connectivity index (χ1n) is 7.51. The molecule has 1 saturated heterocycles. The lowest BCUT2D eigenvalue weighted by molar-refractivity contribution is 0.00578. The molecule has 1 aliphatic heterocycles. The zero-order chi connectivity index (χ0) is 15.8. The van der Waals surface area contributed by atoms with Crippen molar-refractivity contribution in [3.63, 3.8) is 0 Å². The van der Waals surface area contributed by atoms with E-state index in [2.05, 4.69) is 38.0 Å². The molecule has 1 aliphatic rings. The second kappa shape index (κ2) is 5.41. The molecule has 1 aromatic heterocycles. The van der Waals surface area contributed by atoms with Crippen molar-refractivity contribution in [1.29, 1.82) is 0 Å². The van der Waals surface area contributed by atoms with Crippen molar-refractivity contribution in [2.24, 2.45) is 0 Å². The Bertz CT molecular complexity index is 643. The van der Waals surface area contributed by atoms with Gasteiger partial charge in [-0.3, -0.25) is 4.98 Å². The normalized spacial score (nSPS) is 19.2. The van der Waals surface area contributed by atoms with Crippen LogP contribution >= 0.6 is 0 Å². The van der Waals surface area contributed by atoms with Gasteiger partial charge in [-0.1, -0.05) is 18.2 Å². The highest BCUT2D eigenvalue weighted by molar-refractivity contribution is 6.64. The van der Waals surface area contributed by atoms with E-state index in [0.29, 0.717) is 0 Å². The second-order valence-electron chi connectivity index (χ2n) is 6.54. The van der Waals surface area contributed by atoms with E-state index in [-0.39, 0.29) is 18.3 Å². The van der Waals surface area contributed by atoms with Crippen LogP contribution in [-0.2, 0) is 9.31 Å². The maximum absolute atomic E-state index is 6.15. The van der Waals surface area contributed by atoms with E-state index in [1.54, 1.807) is 12.4 Å². The third-order valence-electron chi connectivity index (χ3n) is 4.41. The lowest BCUT2D eigenvalue weighted by Crippen LogP contribution is -2.41. The summed E-state index contributed by atoms with van der Waals surface area (Å²) in [5.74, 6) is 0. The fourth-order valence-corrected chi connectivity index (χ4v) is 2.38. The lowest BCUT2D eigenvalue weighted by Gasteiger charge is -2.32. The number of para-hydroxylation sites is 1. The Kier molecular flexibility index (Phi) is 3.71. The molecule has 0 atom stereocenters. The van der Waals surface area contributed by atoms with Gasteiger partial charge in [-0.25, -0.2) is 0 Å². The zero-order valence-corrected chi connectivity index (χ0v) is 13.5. The van der Waals surface area contributed by atoms with Crippen molar-refractivity contribution in [2.75, 3.05) is 5.32 Å². The minimum absolute atomic E-state index is 0.348. The monoisotopic (exact) mass is 296 g/mol. The summed E-state index contributed by atoms with van der Waals surface area (Å²) < 4.78 is 12.3. The highest BCUT2D eigenvalue weighted by Gasteiger charge is 2.52. The SMILES string of the molecule is CC1(C)OB(c2ccccc2Nc2cccnc2)OC1(C)C. The predicted octanol–water partition coefficient (Wildman–Crippen LogP) is 3.12. The first-order valence-corrected chi connectivity index (χ1v) is 7.51. The number of pyridine rings is 1. The molecule has 0 unspecified atom stereocenters. The van der Waals surface area contributed by atoms with Gasteiger partial charge in [-0.05, 0) is 45.9 Å². The van der Waals surface area contributed by atoms with Crippen LogP contribution in [0.5, 0.6) is 0 Å². The van der Waals surface area contributed by atoms with Gasteiger partial charge in [0, 0.05) is 17.3 Å². The minimum Gasteiger partial charge on any atom is -0.399 e. The van der Waals surface area contributed by atoms with Gasteiger partial charge in [0.1, 0.15) is 0 Å². The summed E-state index contributed by atoms with van der Waals surface area (Å²) >= 11 is 0. The van der Waals surface area contributed by atoms with Crippen LogP contribution in [0.2, 0.25) is 0 Å². The number of hydrogen-bond donors (Lipinski definition) is 1. The molecule has 0 amide bonds. The van der Waals surface area contributed by atoms with Crippen molar-refractivity contribution < 1.29 is 9.31 Å². The summed E-state index contributed by atoms with van der Waals surface area (Å²) in [6.07, 6.45) is 3.55. The number of hydrogen-bond acceptors (Lipinski definition) is 4. The molecule has 0 saturated carbocycles. The molecule has 0 aliphatic carbocycles. The molecule has 22 heavy (non-hydrogen) atoms. The quantitative estimate of drug-likeness (QED) is 0.884. The van der Waals surface area contributed by atoms with Crippen LogP contribution in [0.4, 0.5) is 11.4 Å². The summed E-state index contributed by atoms with van der Waals surface area (Å²) in [4.78, 5) is 4.13. The molecule has 0 spiro atoms. The molecule has 1 aromatic carbocycles. The predicted molar refractivity (Wildman–Crippen MR) is 89.7 cm³/mol. The lowest BCUT2D eigenvalue weighted by atomic mass is 9.78. The highest BCUT2D eigenvalue weighted by atomic mass is 16.7. The van der Waals surface area contributed by atoms with E-state index in [1.807, 2.05) is 36.4 Å². The van der Waals surface area contributed by atoms with Crippen LogP contribution < -0.4 is 10.8 Å². The fourth-order valence-electron chi connectivity index (χ4n) is 2.38. The van der Waals surface area contributed by atoms with Gasteiger partial charge in [-0.15, -0.1) is 0 Å². The summed E-state index contributed by atoms with van der Waals surface area (Å²) in [6, 6.07) is 11.9. The van der Waals surface area contributed by atoms with E-state index in [1.165, 1.54) is 0 Å². The number of nitrogens with zero attached hydrogens (tertiary/aromatic N) is 1. The highest BCUT2D eigenvalue weighted by Crippen LogP contribution is 2.37. The third kappa shape index (κ3) is 2.74. The molecule has 4 nitrogen and oxygen atoms in total. The molecule has 2 heterocycles. The molecular weight excluding hydrogens is 275 g/mol. The summed E-state index contributed by atoms with van der Waals surface area (Å²) in [7, 11) is -0.384. The van der Waals surface area contributed by atoms with Gasteiger partial charge in [0.2, 0.25) is 0 Å². The largest absolute Gasteiger partial charge is 0.496 e. The van der Waals surface area contributed by atoms with Gasteiger partial charge < -0.3 is 14.6 Å². The van der Waals surface area contributed by atoms with Gasteiger partial charge in [0.15, 0.2) is 0 Å². The molecule has 114 valence electrons. The average molecular weight is 296 g/mol. The Morgan fingerprint density at radius 3 is 2.27 bits per heavy atom. The second-order valence-corrected chi connectivity index (χ2v) is 6.54. The molecule has 1 fully saturated rings. The molecule has 3 rings (SSSR count). The van der Waals surface area contributed by atoms with Crippen molar-refractivity contribution in [2.45, 2.75) is 38.9 Å². The fraction of sp³-hybridized carbons (Fsp3) is 0.353. The van der Waals surface area contributed by atoms with Crippen molar-refractivity contribution in [3.8, 4) is 0 Å². The number of benzene rings is 1. The standard InChI is InChI=1S/C17H21BN2O2/c1-16(2)17(3,4)22-18(21-16)14-9-5-6-10-15(14)20-13-8-7-11-19-12-13/h5-12,20H,1-4H3. The Balaban J connectivity index is 1.90. The van der Waals surface area contributed by atoms with E-state index in [9.17, 15) is 0 Å². The molecule has 1 N–H and O–H groups in total. The Labute approximate surface area is 132 Å². The molecule has 0 bridgehead atoms. The van der Waals surface area contributed by atoms with Crippen molar-refractivity contribution >= 4 is 24.0 Å².